The number of nitrogens with zero attached hydrogens (tertiary/aromatic N) is 3. The van der Waals surface area contributed by atoms with E-state index in [1.165, 1.54) is 5.56 Å². The second-order valence-electron chi connectivity index (χ2n) is 7.37. The Bertz CT molecular complexity index is 1160. The van der Waals surface area contributed by atoms with Crippen LogP contribution in [0.4, 0.5) is 0 Å². The molecule has 0 radical (unpaired) electrons. The summed E-state index contributed by atoms with van der Waals surface area (Å²) in [7, 11) is 0. The molecule has 5 heteroatoms. The van der Waals surface area contributed by atoms with Gasteiger partial charge in [0.15, 0.2) is 5.65 Å². The summed E-state index contributed by atoms with van der Waals surface area (Å²) < 4.78 is 1.69. The molecule has 1 amide bonds. The summed E-state index contributed by atoms with van der Waals surface area (Å²) in [6.07, 6.45) is 1.78. The fraction of sp³-hybridized carbons (Fsp3) is 0.208. The van der Waals surface area contributed by atoms with E-state index in [1.807, 2.05) is 50.2 Å². The molecule has 0 aliphatic carbocycles. The van der Waals surface area contributed by atoms with Crippen molar-refractivity contribution in [1.29, 1.82) is 0 Å². The number of carbonyl (C=O) groups is 1. The zero-order valence-corrected chi connectivity index (χ0v) is 16.9. The van der Waals surface area contributed by atoms with E-state index in [9.17, 15) is 4.79 Å². The molecular formula is C24H24N4O. The van der Waals surface area contributed by atoms with Gasteiger partial charge in [-0.2, -0.15) is 5.10 Å². The van der Waals surface area contributed by atoms with Gasteiger partial charge in [-0.05, 0) is 43.5 Å². The van der Waals surface area contributed by atoms with Crippen molar-refractivity contribution in [1.82, 2.24) is 20.1 Å². The molecule has 5 nitrogen and oxygen atoms in total. The van der Waals surface area contributed by atoms with Gasteiger partial charge in [0, 0.05) is 11.6 Å². The quantitative estimate of drug-likeness (QED) is 0.547. The minimum absolute atomic E-state index is 0.0672. The summed E-state index contributed by atoms with van der Waals surface area (Å²) in [5.41, 5.74) is 6.08. The number of fused-ring (bicyclic) bond motifs is 1. The summed E-state index contributed by atoms with van der Waals surface area (Å²) in [5.74, 6) is -0.0893. The van der Waals surface area contributed by atoms with Crippen molar-refractivity contribution < 1.29 is 4.79 Å². The van der Waals surface area contributed by atoms with Gasteiger partial charge < -0.3 is 5.32 Å². The minimum Gasteiger partial charge on any atom is -0.348 e. The summed E-state index contributed by atoms with van der Waals surface area (Å²) in [4.78, 5) is 17.2. The first-order chi connectivity index (χ1) is 14.0. The van der Waals surface area contributed by atoms with Crippen LogP contribution in [-0.2, 0) is 11.3 Å². The highest BCUT2D eigenvalue weighted by Gasteiger charge is 2.17. The SMILES string of the molecule is Cc1cccc(-c2ccnc3c2c(C)nn3CC(=O)NC(C)c2ccccc2)c1. The third kappa shape index (κ3) is 3.90. The van der Waals surface area contributed by atoms with E-state index in [0.29, 0.717) is 0 Å². The van der Waals surface area contributed by atoms with Crippen LogP contribution in [0.1, 0.15) is 29.8 Å². The van der Waals surface area contributed by atoms with Crippen molar-refractivity contribution in [2.45, 2.75) is 33.4 Å². The lowest BCUT2D eigenvalue weighted by Crippen LogP contribution is -2.30. The Morgan fingerprint density at radius 1 is 1.07 bits per heavy atom. The Balaban J connectivity index is 1.62. The van der Waals surface area contributed by atoms with Crippen molar-refractivity contribution in [3.05, 3.63) is 83.7 Å². The molecule has 2 aromatic carbocycles. The van der Waals surface area contributed by atoms with Crippen molar-refractivity contribution in [2.75, 3.05) is 0 Å². The number of amides is 1. The van der Waals surface area contributed by atoms with Gasteiger partial charge in [0.1, 0.15) is 6.54 Å². The Labute approximate surface area is 170 Å². The number of aromatic nitrogens is 3. The van der Waals surface area contributed by atoms with Gasteiger partial charge in [0.25, 0.3) is 0 Å². The number of hydrogen-bond donors (Lipinski definition) is 1. The first kappa shape index (κ1) is 18.9. The maximum absolute atomic E-state index is 12.6. The Morgan fingerprint density at radius 2 is 1.86 bits per heavy atom. The Morgan fingerprint density at radius 3 is 2.62 bits per heavy atom. The Hall–Kier alpha value is -3.47. The summed E-state index contributed by atoms with van der Waals surface area (Å²) in [5, 5.41) is 8.64. The molecule has 4 aromatic rings. The third-order valence-electron chi connectivity index (χ3n) is 5.11. The third-order valence-corrected chi connectivity index (χ3v) is 5.11. The second kappa shape index (κ2) is 7.87. The number of nitrogens with one attached hydrogen (secondary N) is 1. The average molecular weight is 384 g/mol. The van der Waals surface area contributed by atoms with E-state index in [1.54, 1.807) is 10.9 Å². The highest BCUT2D eigenvalue weighted by Crippen LogP contribution is 2.30. The number of carbonyl (C=O) groups excluding carboxylic acids is 1. The summed E-state index contributed by atoms with van der Waals surface area (Å²) >= 11 is 0. The van der Waals surface area contributed by atoms with Crippen LogP contribution < -0.4 is 5.32 Å². The molecule has 0 spiro atoms. The van der Waals surface area contributed by atoms with E-state index < -0.39 is 0 Å². The predicted octanol–water partition coefficient (Wildman–Crippen LogP) is 4.59. The number of benzene rings is 2. The molecular weight excluding hydrogens is 360 g/mol. The molecule has 0 aliphatic rings. The molecule has 29 heavy (non-hydrogen) atoms. The molecule has 2 heterocycles. The monoisotopic (exact) mass is 384 g/mol. The van der Waals surface area contributed by atoms with Crippen molar-refractivity contribution in [3.63, 3.8) is 0 Å². The van der Waals surface area contributed by atoms with Crippen molar-refractivity contribution in [2.24, 2.45) is 0 Å². The molecule has 4 rings (SSSR count). The molecule has 1 atom stereocenters. The topological polar surface area (TPSA) is 59.8 Å². The zero-order chi connectivity index (χ0) is 20.4. The van der Waals surface area contributed by atoms with Crippen molar-refractivity contribution >= 4 is 16.9 Å². The molecule has 1 unspecified atom stereocenters. The van der Waals surface area contributed by atoms with Crippen LogP contribution in [0, 0.1) is 13.8 Å². The molecule has 0 fully saturated rings. The molecule has 0 saturated heterocycles. The number of aryl methyl sites for hydroxylation is 2. The number of pyridine rings is 1. The highest BCUT2D eigenvalue weighted by atomic mass is 16.2. The number of hydrogen-bond acceptors (Lipinski definition) is 3. The van der Waals surface area contributed by atoms with Crippen LogP contribution in [0.2, 0.25) is 0 Å². The molecule has 2 aromatic heterocycles. The van der Waals surface area contributed by atoms with Gasteiger partial charge in [-0.25, -0.2) is 9.67 Å². The lowest BCUT2D eigenvalue weighted by atomic mass is 10.0. The number of rotatable bonds is 5. The first-order valence-corrected chi connectivity index (χ1v) is 9.76. The fourth-order valence-corrected chi connectivity index (χ4v) is 3.69. The average Bonchev–Trinajstić information content (AvgIpc) is 3.04. The standard InChI is InChI=1S/C24H24N4O/c1-16-8-7-11-20(14-16)21-12-13-25-24-23(21)18(3)27-28(24)15-22(29)26-17(2)19-9-5-4-6-10-19/h4-14,17H,15H2,1-3H3,(H,26,29). The van der Waals surface area contributed by atoms with Crippen LogP contribution in [-0.4, -0.2) is 20.7 Å². The van der Waals surface area contributed by atoms with Gasteiger partial charge in [-0.3, -0.25) is 4.79 Å². The molecule has 1 N–H and O–H groups in total. The van der Waals surface area contributed by atoms with Crippen LogP contribution in [0.15, 0.2) is 66.9 Å². The van der Waals surface area contributed by atoms with Gasteiger partial charge in [-0.1, -0.05) is 60.2 Å². The fourth-order valence-electron chi connectivity index (χ4n) is 3.69. The van der Waals surface area contributed by atoms with Crippen molar-refractivity contribution in [3.8, 4) is 11.1 Å². The maximum Gasteiger partial charge on any atom is 0.242 e. The van der Waals surface area contributed by atoms with E-state index in [4.69, 9.17) is 0 Å². The zero-order valence-electron chi connectivity index (χ0n) is 16.9. The van der Waals surface area contributed by atoms with Crippen LogP contribution in [0.5, 0.6) is 0 Å². The molecule has 0 aliphatic heterocycles. The summed E-state index contributed by atoms with van der Waals surface area (Å²) in [6, 6.07) is 20.2. The van der Waals surface area contributed by atoms with E-state index in [0.717, 1.165) is 33.4 Å². The first-order valence-electron chi connectivity index (χ1n) is 9.76. The van der Waals surface area contributed by atoms with E-state index in [-0.39, 0.29) is 18.5 Å². The predicted molar refractivity (Wildman–Crippen MR) is 115 cm³/mol. The van der Waals surface area contributed by atoms with Gasteiger partial charge in [-0.15, -0.1) is 0 Å². The molecule has 0 saturated carbocycles. The highest BCUT2D eigenvalue weighted by molar-refractivity contribution is 5.95. The molecule has 146 valence electrons. The van der Waals surface area contributed by atoms with Gasteiger partial charge in [0.2, 0.25) is 5.91 Å². The normalized spacial score (nSPS) is 12.1. The Kier molecular flexibility index (Phi) is 5.12. The van der Waals surface area contributed by atoms with E-state index in [2.05, 4.69) is 46.6 Å². The lowest BCUT2D eigenvalue weighted by molar-refractivity contribution is -0.122. The van der Waals surface area contributed by atoms with E-state index >= 15 is 0 Å². The second-order valence-corrected chi connectivity index (χ2v) is 7.37. The van der Waals surface area contributed by atoms with Gasteiger partial charge in [0.05, 0.1) is 11.7 Å². The smallest absolute Gasteiger partial charge is 0.242 e. The van der Waals surface area contributed by atoms with Crippen LogP contribution in [0.3, 0.4) is 0 Å². The largest absolute Gasteiger partial charge is 0.348 e. The van der Waals surface area contributed by atoms with Gasteiger partial charge >= 0.3 is 0 Å². The van der Waals surface area contributed by atoms with Crippen LogP contribution >= 0.6 is 0 Å². The van der Waals surface area contributed by atoms with Crippen LogP contribution in [0.25, 0.3) is 22.2 Å². The maximum atomic E-state index is 12.6. The molecule has 0 bridgehead atoms. The summed E-state index contributed by atoms with van der Waals surface area (Å²) in [6.45, 7) is 6.15. The minimum atomic E-state index is -0.0893. The lowest BCUT2D eigenvalue weighted by Gasteiger charge is -2.14.